The highest BCUT2D eigenvalue weighted by Crippen LogP contribution is 2.29. The highest BCUT2D eigenvalue weighted by atomic mass is 19.1. The van der Waals surface area contributed by atoms with Crippen LogP contribution < -0.4 is 10.5 Å². The third-order valence-corrected chi connectivity index (χ3v) is 2.40. The molecule has 0 amide bonds. The van der Waals surface area contributed by atoms with E-state index >= 15 is 0 Å². The lowest BCUT2D eigenvalue weighted by atomic mass is 10.2. The van der Waals surface area contributed by atoms with Gasteiger partial charge in [0.05, 0.1) is 11.9 Å². The average molecular weight is 232 g/mol. The molecule has 2 aromatic rings. The Balaban J connectivity index is 2.30. The van der Waals surface area contributed by atoms with E-state index in [-0.39, 0.29) is 11.5 Å². The van der Waals surface area contributed by atoms with Crippen molar-refractivity contribution in [3.63, 3.8) is 0 Å². The van der Waals surface area contributed by atoms with Gasteiger partial charge in [-0.2, -0.15) is 0 Å². The third-order valence-electron chi connectivity index (χ3n) is 2.40. The first-order chi connectivity index (χ1) is 8.06. The maximum absolute atomic E-state index is 13.2. The van der Waals surface area contributed by atoms with Crippen LogP contribution in [0.3, 0.4) is 0 Å². The number of rotatable bonds is 2. The van der Waals surface area contributed by atoms with Gasteiger partial charge in [-0.1, -0.05) is 0 Å². The molecule has 1 aromatic heterocycles. The number of anilines is 1. The second-order valence-corrected chi connectivity index (χ2v) is 3.88. The molecule has 0 spiro atoms. The van der Waals surface area contributed by atoms with E-state index in [4.69, 9.17) is 10.5 Å². The summed E-state index contributed by atoms with van der Waals surface area (Å²) in [6.45, 7) is 3.55. The Morgan fingerprint density at radius 3 is 2.65 bits per heavy atom. The number of ether oxygens (including phenoxy) is 1. The van der Waals surface area contributed by atoms with Crippen LogP contribution in [0.25, 0.3) is 0 Å². The monoisotopic (exact) mass is 232 g/mol. The lowest BCUT2D eigenvalue weighted by Crippen LogP contribution is -1.95. The lowest BCUT2D eigenvalue weighted by Gasteiger charge is -2.09. The fourth-order valence-corrected chi connectivity index (χ4v) is 1.40. The Morgan fingerprint density at radius 2 is 2.00 bits per heavy atom. The molecule has 2 rings (SSSR count). The number of nitrogens with two attached hydrogens (primary N) is 1. The number of benzene rings is 1. The first-order valence-electron chi connectivity index (χ1n) is 5.22. The third kappa shape index (κ3) is 2.53. The van der Waals surface area contributed by atoms with E-state index in [9.17, 15) is 4.39 Å². The van der Waals surface area contributed by atoms with Crippen LogP contribution in [0.1, 0.15) is 11.3 Å². The first kappa shape index (κ1) is 11.4. The number of hydrogen-bond donors (Lipinski definition) is 1. The summed E-state index contributed by atoms with van der Waals surface area (Å²) in [5.41, 5.74) is 7.35. The molecule has 88 valence electrons. The molecule has 0 bridgehead atoms. The molecule has 4 heteroatoms. The quantitative estimate of drug-likeness (QED) is 0.809. The number of nitrogens with zero attached hydrogens (tertiary/aromatic N) is 1. The van der Waals surface area contributed by atoms with Crippen molar-refractivity contribution in [2.45, 2.75) is 13.8 Å². The van der Waals surface area contributed by atoms with Crippen molar-refractivity contribution in [3.05, 3.63) is 47.5 Å². The second-order valence-electron chi connectivity index (χ2n) is 3.88. The van der Waals surface area contributed by atoms with Crippen molar-refractivity contribution in [3.8, 4) is 11.5 Å². The van der Waals surface area contributed by atoms with Crippen LogP contribution in [0.2, 0.25) is 0 Å². The van der Waals surface area contributed by atoms with Crippen molar-refractivity contribution >= 4 is 5.69 Å². The van der Waals surface area contributed by atoms with Crippen molar-refractivity contribution in [1.82, 2.24) is 4.98 Å². The molecule has 0 saturated heterocycles. The molecule has 0 atom stereocenters. The highest BCUT2D eigenvalue weighted by Gasteiger charge is 2.07. The summed E-state index contributed by atoms with van der Waals surface area (Å²) in [5, 5.41) is 0. The molecule has 1 aromatic carbocycles. The molecular weight excluding hydrogens is 219 g/mol. The Labute approximate surface area is 99.1 Å². The zero-order valence-corrected chi connectivity index (χ0v) is 9.70. The van der Waals surface area contributed by atoms with Crippen LogP contribution in [0, 0.1) is 19.7 Å². The molecule has 0 saturated carbocycles. The van der Waals surface area contributed by atoms with Gasteiger partial charge < -0.3 is 10.5 Å². The molecule has 0 radical (unpaired) electrons. The zero-order chi connectivity index (χ0) is 12.4. The van der Waals surface area contributed by atoms with Gasteiger partial charge >= 0.3 is 0 Å². The van der Waals surface area contributed by atoms with Gasteiger partial charge in [0.1, 0.15) is 11.6 Å². The maximum Gasteiger partial charge on any atom is 0.150 e. The van der Waals surface area contributed by atoms with E-state index in [0.717, 1.165) is 5.69 Å². The normalized spacial score (nSPS) is 10.3. The minimum atomic E-state index is -0.336. The highest BCUT2D eigenvalue weighted by molar-refractivity contribution is 5.55. The van der Waals surface area contributed by atoms with Crippen molar-refractivity contribution in [2.75, 3.05) is 5.73 Å². The predicted octanol–water partition coefficient (Wildman–Crippen LogP) is 3.21. The van der Waals surface area contributed by atoms with Crippen LogP contribution >= 0.6 is 0 Å². The maximum atomic E-state index is 13.2. The largest absolute Gasteiger partial charge is 0.454 e. The van der Waals surface area contributed by atoms with Gasteiger partial charge in [0.2, 0.25) is 0 Å². The van der Waals surface area contributed by atoms with E-state index in [1.54, 1.807) is 25.3 Å². The number of nitrogen functional groups attached to an aromatic ring is 1. The minimum Gasteiger partial charge on any atom is -0.454 e. The van der Waals surface area contributed by atoms with Gasteiger partial charge in [-0.3, -0.25) is 4.98 Å². The fraction of sp³-hybridized carbons (Fsp3) is 0.154. The molecule has 17 heavy (non-hydrogen) atoms. The number of pyridine rings is 1. The second kappa shape index (κ2) is 4.41. The average Bonchev–Trinajstić information content (AvgIpc) is 2.29. The van der Waals surface area contributed by atoms with Crippen molar-refractivity contribution < 1.29 is 9.13 Å². The van der Waals surface area contributed by atoms with Gasteiger partial charge in [-0.05, 0) is 37.6 Å². The number of halogens is 1. The summed E-state index contributed by atoms with van der Waals surface area (Å²) >= 11 is 0. The van der Waals surface area contributed by atoms with E-state index in [1.165, 1.54) is 6.07 Å². The smallest absolute Gasteiger partial charge is 0.150 e. The van der Waals surface area contributed by atoms with Gasteiger partial charge in [-0.25, -0.2) is 4.39 Å². The SMILES string of the molecule is Cc1ccc(Oc2cc(C)c(F)cc2N)cn1. The molecule has 0 fully saturated rings. The van der Waals surface area contributed by atoms with E-state index in [1.807, 2.05) is 13.0 Å². The molecule has 0 aliphatic carbocycles. The number of aromatic nitrogens is 1. The van der Waals surface area contributed by atoms with E-state index in [2.05, 4.69) is 4.98 Å². The van der Waals surface area contributed by atoms with Gasteiger partial charge in [0, 0.05) is 11.8 Å². The van der Waals surface area contributed by atoms with Crippen LogP contribution in [-0.2, 0) is 0 Å². The minimum absolute atomic E-state index is 0.272. The predicted molar refractivity (Wildman–Crippen MR) is 64.6 cm³/mol. The van der Waals surface area contributed by atoms with Crippen molar-refractivity contribution in [1.29, 1.82) is 0 Å². The topological polar surface area (TPSA) is 48.1 Å². The Morgan fingerprint density at radius 1 is 1.24 bits per heavy atom. The summed E-state index contributed by atoms with van der Waals surface area (Å²) in [4.78, 5) is 4.11. The summed E-state index contributed by atoms with van der Waals surface area (Å²) in [5.74, 6) is 0.680. The van der Waals surface area contributed by atoms with Crippen molar-refractivity contribution in [2.24, 2.45) is 0 Å². The molecule has 2 N–H and O–H groups in total. The lowest BCUT2D eigenvalue weighted by molar-refractivity contribution is 0.479. The van der Waals surface area contributed by atoms with Gasteiger partial charge in [0.15, 0.2) is 5.75 Å². The molecule has 0 aliphatic rings. The standard InChI is InChI=1S/C13H13FN2O/c1-8-5-13(12(15)6-11(8)14)17-10-4-3-9(2)16-7-10/h3-7H,15H2,1-2H3. The van der Waals surface area contributed by atoms with E-state index in [0.29, 0.717) is 17.1 Å². The Bertz CT molecular complexity index is 538. The molecular formula is C13H13FN2O. The summed E-state index contributed by atoms with van der Waals surface area (Å²) < 4.78 is 18.7. The molecule has 1 heterocycles. The zero-order valence-electron chi connectivity index (χ0n) is 9.70. The van der Waals surface area contributed by atoms with Crippen LogP contribution in [-0.4, -0.2) is 4.98 Å². The Hall–Kier alpha value is -2.10. The Kier molecular flexibility index (Phi) is 2.95. The number of aryl methyl sites for hydroxylation is 2. The molecule has 0 unspecified atom stereocenters. The first-order valence-corrected chi connectivity index (χ1v) is 5.22. The fourth-order valence-electron chi connectivity index (χ4n) is 1.40. The summed E-state index contributed by atoms with van der Waals surface area (Å²) in [6.07, 6.45) is 1.60. The van der Waals surface area contributed by atoms with Crippen LogP contribution in [0.4, 0.5) is 10.1 Å². The molecule has 0 aliphatic heterocycles. The van der Waals surface area contributed by atoms with Crippen LogP contribution in [0.15, 0.2) is 30.5 Å². The van der Waals surface area contributed by atoms with Crippen LogP contribution in [0.5, 0.6) is 11.5 Å². The summed E-state index contributed by atoms with van der Waals surface area (Å²) in [7, 11) is 0. The van der Waals surface area contributed by atoms with E-state index < -0.39 is 0 Å². The molecule has 3 nitrogen and oxygen atoms in total. The summed E-state index contributed by atoms with van der Waals surface area (Å²) in [6, 6.07) is 6.46. The van der Waals surface area contributed by atoms with Gasteiger partial charge in [-0.15, -0.1) is 0 Å². The van der Waals surface area contributed by atoms with Gasteiger partial charge in [0.25, 0.3) is 0 Å². The number of hydrogen-bond acceptors (Lipinski definition) is 3.